The van der Waals surface area contributed by atoms with Gasteiger partial charge in [-0.25, -0.2) is 9.67 Å². The molecule has 3 heterocycles. The Labute approximate surface area is 148 Å². The van der Waals surface area contributed by atoms with Gasteiger partial charge in [-0.15, -0.1) is 10.2 Å². The third kappa shape index (κ3) is 3.07. The molecule has 0 aliphatic carbocycles. The van der Waals surface area contributed by atoms with Crippen molar-refractivity contribution in [2.75, 3.05) is 0 Å². The van der Waals surface area contributed by atoms with Crippen LogP contribution in [0.1, 0.15) is 17.3 Å². The number of fused-ring (bicyclic) bond motifs is 1. The summed E-state index contributed by atoms with van der Waals surface area (Å²) in [6.07, 6.45) is -1.96. The number of aryl methyl sites for hydroxylation is 1. The summed E-state index contributed by atoms with van der Waals surface area (Å²) in [5.74, 6) is 0.602. The van der Waals surface area contributed by atoms with Crippen LogP contribution in [0.25, 0.3) is 16.7 Å². The second-order valence-electron chi connectivity index (χ2n) is 5.73. The van der Waals surface area contributed by atoms with Crippen LogP contribution in [0.5, 0.6) is 0 Å². The topological polar surface area (TPSA) is 91.6 Å². The van der Waals surface area contributed by atoms with Crippen molar-refractivity contribution in [2.24, 2.45) is 0 Å². The number of rotatable bonds is 3. The summed E-state index contributed by atoms with van der Waals surface area (Å²) in [6, 6.07) is 4.63. The van der Waals surface area contributed by atoms with Crippen LogP contribution in [0, 0.1) is 6.92 Å². The first-order valence-corrected chi connectivity index (χ1v) is 7.73. The normalized spacial score (nSPS) is 12.0. The van der Waals surface area contributed by atoms with Gasteiger partial charge in [0, 0.05) is 6.92 Å². The molecular formula is C16H11F3N6O2. The lowest BCUT2D eigenvalue weighted by Gasteiger charge is -2.09. The van der Waals surface area contributed by atoms with Crippen LogP contribution in [-0.4, -0.2) is 29.5 Å². The van der Waals surface area contributed by atoms with E-state index in [9.17, 15) is 18.0 Å². The first-order valence-electron chi connectivity index (χ1n) is 7.73. The Kier molecular flexibility index (Phi) is 3.79. The molecular weight excluding hydrogens is 365 g/mol. The Balaban J connectivity index is 1.77. The summed E-state index contributed by atoms with van der Waals surface area (Å²) in [6.45, 7) is 1.65. The predicted octanol–water partition coefficient (Wildman–Crippen LogP) is 2.34. The molecule has 4 rings (SSSR count). The number of alkyl halides is 3. The number of hydrogen-bond donors (Lipinski definition) is 0. The van der Waals surface area contributed by atoms with E-state index in [1.54, 1.807) is 6.92 Å². The van der Waals surface area contributed by atoms with Crippen molar-refractivity contribution in [3.63, 3.8) is 0 Å². The molecule has 1 aromatic carbocycles. The zero-order valence-electron chi connectivity index (χ0n) is 13.8. The highest BCUT2D eigenvalue weighted by Crippen LogP contribution is 2.30. The van der Waals surface area contributed by atoms with Crippen molar-refractivity contribution in [1.82, 2.24) is 29.5 Å². The minimum atomic E-state index is -4.48. The molecule has 11 heteroatoms. The van der Waals surface area contributed by atoms with Crippen molar-refractivity contribution in [3.8, 4) is 5.69 Å². The largest absolute Gasteiger partial charge is 0.424 e. The highest BCUT2D eigenvalue weighted by atomic mass is 19.4. The van der Waals surface area contributed by atoms with Crippen LogP contribution < -0.4 is 5.56 Å². The Hall–Kier alpha value is -3.50. The van der Waals surface area contributed by atoms with Gasteiger partial charge in [-0.05, 0) is 18.2 Å². The number of hydrogen-bond acceptors (Lipinski definition) is 6. The number of aromatic nitrogens is 6. The molecule has 0 amide bonds. The Bertz CT molecular complexity index is 1190. The molecule has 138 valence electrons. The van der Waals surface area contributed by atoms with Crippen molar-refractivity contribution in [2.45, 2.75) is 19.6 Å². The summed E-state index contributed by atoms with van der Waals surface area (Å²) in [5.41, 5.74) is -0.938. The van der Waals surface area contributed by atoms with E-state index in [1.165, 1.54) is 33.9 Å². The summed E-state index contributed by atoms with van der Waals surface area (Å²) >= 11 is 0. The third-order valence-electron chi connectivity index (χ3n) is 3.85. The van der Waals surface area contributed by atoms with Crippen molar-refractivity contribution in [1.29, 1.82) is 0 Å². The summed E-state index contributed by atoms with van der Waals surface area (Å²) < 4.78 is 46.5. The lowest BCUT2D eigenvalue weighted by molar-refractivity contribution is -0.137. The average Bonchev–Trinajstić information content (AvgIpc) is 3.23. The lowest BCUT2D eigenvalue weighted by atomic mass is 10.2. The summed E-state index contributed by atoms with van der Waals surface area (Å²) in [7, 11) is 0. The van der Waals surface area contributed by atoms with E-state index >= 15 is 0 Å². The molecule has 4 aromatic rings. The van der Waals surface area contributed by atoms with Crippen LogP contribution in [0.2, 0.25) is 0 Å². The van der Waals surface area contributed by atoms with Gasteiger partial charge in [-0.1, -0.05) is 6.07 Å². The molecule has 0 spiro atoms. The number of nitrogens with zero attached hydrogens (tertiary/aromatic N) is 6. The SMILES string of the molecule is Cc1nnc(Cn2cnc3c(cnn3-c3cccc(C(F)(F)F)c3)c2=O)o1. The minimum absolute atomic E-state index is 0.0252. The fourth-order valence-electron chi connectivity index (χ4n) is 2.61. The van der Waals surface area contributed by atoms with Crippen LogP contribution in [-0.2, 0) is 12.7 Å². The van der Waals surface area contributed by atoms with Crippen molar-refractivity contribution >= 4 is 11.0 Å². The molecule has 0 bridgehead atoms. The van der Waals surface area contributed by atoms with Gasteiger partial charge < -0.3 is 4.42 Å². The molecule has 0 aliphatic rings. The van der Waals surface area contributed by atoms with Crippen LogP contribution in [0.15, 0.2) is 46.0 Å². The monoisotopic (exact) mass is 376 g/mol. The van der Waals surface area contributed by atoms with E-state index in [0.717, 1.165) is 12.1 Å². The number of halogens is 3. The van der Waals surface area contributed by atoms with Crippen molar-refractivity contribution in [3.05, 3.63) is 64.5 Å². The van der Waals surface area contributed by atoms with Crippen LogP contribution >= 0.6 is 0 Å². The molecule has 0 saturated carbocycles. The Morgan fingerprint density at radius 3 is 2.74 bits per heavy atom. The molecule has 0 fully saturated rings. The second kappa shape index (κ2) is 6.04. The molecule has 0 atom stereocenters. The maximum Gasteiger partial charge on any atom is 0.416 e. The smallest absolute Gasteiger partial charge is 0.416 e. The molecule has 3 aromatic heterocycles. The van der Waals surface area contributed by atoms with Gasteiger partial charge in [0.25, 0.3) is 5.56 Å². The Morgan fingerprint density at radius 1 is 1.22 bits per heavy atom. The average molecular weight is 376 g/mol. The van der Waals surface area contributed by atoms with Gasteiger partial charge in [0.2, 0.25) is 11.8 Å². The first-order chi connectivity index (χ1) is 12.8. The molecule has 0 N–H and O–H groups in total. The predicted molar refractivity (Wildman–Crippen MR) is 86.3 cm³/mol. The van der Waals surface area contributed by atoms with Gasteiger partial charge in [0.15, 0.2) is 5.65 Å². The fraction of sp³-hybridized carbons (Fsp3) is 0.188. The fourth-order valence-corrected chi connectivity index (χ4v) is 2.61. The van der Waals surface area contributed by atoms with E-state index in [0.29, 0.717) is 5.89 Å². The Morgan fingerprint density at radius 2 is 2.04 bits per heavy atom. The number of benzene rings is 1. The zero-order chi connectivity index (χ0) is 19.2. The summed E-state index contributed by atoms with van der Waals surface area (Å²) in [4.78, 5) is 16.8. The van der Waals surface area contributed by atoms with E-state index in [4.69, 9.17) is 4.42 Å². The molecule has 8 nitrogen and oxygen atoms in total. The first kappa shape index (κ1) is 16.9. The quantitative estimate of drug-likeness (QED) is 0.545. The third-order valence-corrected chi connectivity index (χ3v) is 3.85. The second-order valence-corrected chi connectivity index (χ2v) is 5.73. The van der Waals surface area contributed by atoms with Gasteiger partial charge in [-0.2, -0.15) is 18.3 Å². The van der Waals surface area contributed by atoms with Crippen LogP contribution in [0.4, 0.5) is 13.2 Å². The molecule has 0 aliphatic heterocycles. The lowest BCUT2D eigenvalue weighted by Crippen LogP contribution is -2.21. The van der Waals surface area contributed by atoms with E-state index in [-0.39, 0.29) is 29.2 Å². The van der Waals surface area contributed by atoms with Gasteiger partial charge in [0.1, 0.15) is 18.3 Å². The highest BCUT2D eigenvalue weighted by Gasteiger charge is 2.30. The van der Waals surface area contributed by atoms with E-state index < -0.39 is 17.3 Å². The van der Waals surface area contributed by atoms with Gasteiger partial charge >= 0.3 is 6.18 Å². The molecule has 0 saturated heterocycles. The highest BCUT2D eigenvalue weighted by molar-refractivity contribution is 5.75. The maximum atomic E-state index is 12.9. The molecule has 27 heavy (non-hydrogen) atoms. The standard InChI is InChI=1S/C16H11F3N6O2/c1-9-22-23-13(27-9)7-24-8-20-14-12(15(24)26)6-21-25(14)11-4-2-3-10(5-11)16(17,18)19/h2-6,8H,7H2,1H3. The zero-order valence-corrected chi connectivity index (χ0v) is 13.8. The molecule has 0 unspecified atom stereocenters. The van der Waals surface area contributed by atoms with Gasteiger partial charge in [0.05, 0.1) is 17.4 Å². The van der Waals surface area contributed by atoms with E-state index in [1.807, 2.05) is 0 Å². The maximum absolute atomic E-state index is 12.9. The minimum Gasteiger partial charge on any atom is -0.424 e. The summed E-state index contributed by atoms with van der Waals surface area (Å²) in [5, 5.41) is 11.7. The van der Waals surface area contributed by atoms with Gasteiger partial charge in [-0.3, -0.25) is 9.36 Å². The van der Waals surface area contributed by atoms with Crippen LogP contribution in [0.3, 0.4) is 0 Å². The van der Waals surface area contributed by atoms with Crippen molar-refractivity contribution < 1.29 is 17.6 Å². The molecule has 0 radical (unpaired) electrons. The van der Waals surface area contributed by atoms with E-state index in [2.05, 4.69) is 20.3 Å².